The average Bonchev–Trinajstić information content (AvgIpc) is 2.94. The van der Waals surface area contributed by atoms with Gasteiger partial charge >= 0.3 is 0 Å². The van der Waals surface area contributed by atoms with Crippen LogP contribution in [0.3, 0.4) is 0 Å². The topological polar surface area (TPSA) is 56.2 Å². The molecule has 2 unspecified atom stereocenters. The Hall–Kier alpha value is -1.07. The molecule has 1 aromatic rings. The van der Waals surface area contributed by atoms with E-state index in [9.17, 15) is 4.79 Å². The minimum Gasteiger partial charge on any atom is -0.376 e. The van der Waals surface area contributed by atoms with E-state index in [1.165, 1.54) is 19.3 Å². The summed E-state index contributed by atoms with van der Waals surface area (Å²) in [6.45, 7) is 3.52. The first-order valence-electron chi connectivity index (χ1n) is 7.79. The lowest BCUT2D eigenvalue weighted by Gasteiger charge is -2.26. The van der Waals surface area contributed by atoms with Crippen molar-refractivity contribution in [1.29, 1.82) is 0 Å². The van der Waals surface area contributed by atoms with Crippen LogP contribution in [0.1, 0.15) is 39.0 Å². The van der Waals surface area contributed by atoms with Crippen molar-refractivity contribution in [3.8, 4) is 0 Å². The van der Waals surface area contributed by atoms with Crippen molar-refractivity contribution < 1.29 is 4.74 Å². The third-order valence-corrected chi connectivity index (χ3v) is 4.83. The molecule has 1 saturated heterocycles. The maximum Gasteiger partial charge on any atom is 0.291 e. The Morgan fingerprint density at radius 1 is 1.48 bits per heavy atom. The number of nitrogens with zero attached hydrogens (tertiary/aromatic N) is 2. The lowest BCUT2D eigenvalue weighted by Crippen LogP contribution is -2.36. The number of hydrogen-bond donors (Lipinski definition) is 1. The van der Waals surface area contributed by atoms with Crippen LogP contribution in [0.5, 0.6) is 0 Å². The summed E-state index contributed by atoms with van der Waals surface area (Å²) in [5, 5.41) is 7.79. The Balaban J connectivity index is 1.76. The van der Waals surface area contributed by atoms with E-state index in [0.717, 1.165) is 19.4 Å². The van der Waals surface area contributed by atoms with Gasteiger partial charge in [-0.05, 0) is 38.5 Å². The van der Waals surface area contributed by atoms with Crippen molar-refractivity contribution in [2.45, 2.75) is 57.7 Å². The molecule has 1 aliphatic heterocycles. The maximum atomic E-state index is 12.5. The summed E-state index contributed by atoms with van der Waals surface area (Å²) in [6.07, 6.45) is 7.44. The highest BCUT2D eigenvalue weighted by Gasteiger charge is 2.25. The molecule has 0 aromatic carbocycles. The third kappa shape index (κ3) is 3.24. The van der Waals surface area contributed by atoms with Gasteiger partial charge in [-0.1, -0.05) is 18.0 Å². The molecule has 21 heavy (non-hydrogen) atoms. The molecular formula is C15H22ClN3O2. The Labute approximate surface area is 129 Å². The smallest absolute Gasteiger partial charge is 0.291 e. The lowest BCUT2D eigenvalue weighted by atomic mass is 9.85. The Morgan fingerprint density at radius 3 is 2.90 bits per heavy atom. The number of rotatable bonds is 5. The molecule has 3 rings (SSSR count). The minimum atomic E-state index is -0.126. The van der Waals surface area contributed by atoms with Crippen LogP contribution >= 0.6 is 11.6 Å². The van der Waals surface area contributed by atoms with Crippen LogP contribution < -0.4 is 10.9 Å². The standard InChI is InChI=1S/C15H22ClN3O2/c1-10(13-6-3-7-21-13)18-14-12(16)8-17-19(15(14)20)9-11-4-2-5-11/h8,10-11,13,18H,2-7,9H2,1H3. The van der Waals surface area contributed by atoms with E-state index < -0.39 is 0 Å². The molecule has 1 saturated carbocycles. The fraction of sp³-hybridized carbons (Fsp3) is 0.733. The lowest BCUT2D eigenvalue weighted by molar-refractivity contribution is 0.0996. The Morgan fingerprint density at radius 2 is 2.29 bits per heavy atom. The van der Waals surface area contributed by atoms with E-state index >= 15 is 0 Å². The zero-order chi connectivity index (χ0) is 14.8. The minimum absolute atomic E-state index is 0.0669. The summed E-state index contributed by atoms with van der Waals surface area (Å²) in [5.74, 6) is 0.583. The molecule has 0 bridgehead atoms. The molecule has 1 N–H and O–H groups in total. The van der Waals surface area contributed by atoms with Crippen molar-refractivity contribution in [1.82, 2.24) is 9.78 Å². The van der Waals surface area contributed by atoms with Gasteiger partial charge in [-0.15, -0.1) is 0 Å². The zero-order valence-electron chi connectivity index (χ0n) is 12.3. The van der Waals surface area contributed by atoms with Crippen LogP contribution in [0.15, 0.2) is 11.0 Å². The highest BCUT2D eigenvalue weighted by molar-refractivity contribution is 6.33. The highest BCUT2D eigenvalue weighted by Crippen LogP contribution is 2.27. The largest absolute Gasteiger partial charge is 0.376 e. The van der Waals surface area contributed by atoms with Crippen molar-refractivity contribution in [3.05, 3.63) is 21.6 Å². The van der Waals surface area contributed by atoms with Gasteiger partial charge in [-0.2, -0.15) is 5.10 Å². The molecule has 5 nitrogen and oxygen atoms in total. The molecule has 116 valence electrons. The zero-order valence-corrected chi connectivity index (χ0v) is 13.1. The molecule has 0 amide bonds. The van der Waals surface area contributed by atoms with Gasteiger partial charge in [0.15, 0.2) is 0 Å². The first kappa shape index (κ1) is 14.9. The number of anilines is 1. The van der Waals surface area contributed by atoms with Gasteiger partial charge in [0.05, 0.1) is 17.3 Å². The average molecular weight is 312 g/mol. The molecule has 1 aromatic heterocycles. The summed E-state index contributed by atoms with van der Waals surface area (Å²) >= 11 is 6.16. The van der Waals surface area contributed by atoms with Gasteiger partial charge in [0.2, 0.25) is 0 Å². The second-order valence-corrected chi connectivity index (χ2v) is 6.54. The van der Waals surface area contributed by atoms with Gasteiger partial charge in [0, 0.05) is 19.2 Å². The number of aromatic nitrogens is 2. The Kier molecular flexibility index (Phi) is 4.50. The summed E-state index contributed by atoms with van der Waals surface area (Å²) in [6, 6.07) is 0.0669. The molecule has 2 heterocycles. The van der Waals surface area contributed by atoms with E-state index in [1.807, 2.05) is 6.92 Å². The number of ether oxygens (including phenoxy) is 1. The molecule has 0 spiro atoms. The van der Waals surface area contributed by atoms with Gasteiger partial charge < -0.3 is 10.1 Å². The fourth-order valence-corrected chi connectivity index (χ4v) is 3.15. The summed E-state index contributed by atoms with van der Waals surface area (Å²) in [7, 11) is 0. The molecule has 1 aliphatic carbocycles. The molecule has 2 aliphatic rings. The van der Waals surface area contributed by atoms with Crippen molar-refractivity contribution in [2.24, 2.45) is 5.92 Å². The quantitative estimate of drug-likeness (QED) is 0.908. The second kappa shape index (κ2) is 6.36. The van der Waals surface area contributed by atoms with Crippen LogP contribution in [-0.2, 0) is 11.3 Å². The third-order valence-electron chi connectivity index (χ3n) is 4.55. The normalized spacial score (nSPS) is 23.8. The summed E-state index contributed by atoms with van der Waals surface area (Å²) in [4.78, 5) is 12.5. The Bertz CT molecular complexity index is 550. The van der Waals surface area contributed by atoms with Crippen molar-refractivity contribution >= 4 is 17.3 Å². The number of hydrogen-bond acceptors (Lipinski definition) is 4. The van der Waals surface area contributed by atoms with Crippen molar-refractivity contribution in [3.63, 3.8) is 0 Å². The van der Waals surface area contributed by atoms with Crippen LogP contribution in [-0.4, -0.2) is 28.5 Å². The molecular weight excluding hydrogens is 290 g/mol. The fourth-order valence-electron chi connectivity index (χ4n) is 2.97. The van der Waals surface area contributed by atoms with Crippen LogP contribution in [0.25, 0.3) is 0 Å². The van der Waals surface area contributed by atoms with Crippen LogP contribution in [0.2, 0.25) is 5.02 Å². The molecule has 0 radical (unpaired) electrons. The van der Waals surface area contributed by atoms with Gasteiger partial charge in [-0.25, -0.2) is 4.68 Å². The van der Waals surface area contributed by atoms with E-state index in [-0.39, 0.29) is 17.7 Å². The highest BCUT2D eigenvalue weighted by atomic mass is 35.5. The first-order valence-corrected chi connectivity index (χ1v) is 8.16. The van der Waals surface area contributed by atoms with Gasteiger partial charge in [-0.3, -0.25) is 4.79 Å². The number of halogens is 1. The predicted molar refractivity (Wildman–Crippen MR) is 82.9 cm³/mol. The van der Waals surface area contributed by atoms with E-state index in [1.54, 1.807) is 10.9 Å². The maximum absolute atomic E-state index is 12.5. The van der Waals surface area contributed by atoms with E-state index in [4.69, 9.17) is 16.3 Å². The summed E-state index contributed by atoms with van der Waals surface area (Å²) < 4.78 is 7.20. The van der Waals surface area contributed by atoms with Crippen LogP contribution in [0, 0.1) is 5.92 Å². The second-order valence-electron chi connectivity index (χ2n) is 6.14. The monoisotopic (exact) mass is 311 g/mol. The molecule has 6 heteroatoms. The number of nitrogens with one attached hydrogen (secondary N) is 1. The first-order chi connectivity index (χ1) is 10.1. The van der Waals surface area contributed by atoms with Crippen molar-refractivity contribution in [2.75, 3.05) is 11.9 Å². The predicted octanol–water partition coefficient (Wildman–Crippen LogP) is 2.68. The SMILES string of the molecule is CC(Nc1c(Cl)cnn(CC2CCC2)c1=O)C1CCCO1. The summed E-state index contributed by atoms with van der Waals surface area (Å²) in [5.41, 5.74) is 0.327. The van der Waals surface area contributed by atoms with E-state index in [0.29, 0.717) is 23.2 Å². The van der Waals surface area contributed by atoms with Crippen LogP contribution in [0.4, 0.5) is 5.69 Å². The van der Waals surface area contributed by atoms with E-state index in [2.05, 4.69) is 10.4 Å². The molecule has 2 atom stereocenters. The van der Waals surface area contributed by atoms with Gasteiger partial charge in [0.1, 0.15) is 5.69 Å². The molecule has 2 fully saturated rings. The van der Waals surface area contributed by atoms with Gasteiger partial charge in [0.25, 0.3) is 5.56 Å².